The number of alkyl halides is 3. The first-order chi connectivity index (χ1) is 15.1. The highest BCUT2D eigenvalue weighted by atomic mass is 35.5. The van der Waals surface area contributed by atoms with Crippen molar-refractivity contribution in [2.75, 3.05) is 5.32 Å². The zero-order valence-electron chi connectivity index (χ0n) is 16.6. The predicted octanol–water partition coefficient (Wildman–Crippen LogP) is 5.35. The summed E-state index contributed by atoms with van der Waals surface area (Å²) in [6, 6.07) is 7.73. The summed E-state index contributed by atoms with van der Waals surface area (Å²) in [7, 11) is 0. The van der Waals surface area contributed by atoms with E-state index in [1.54, 1.807) is 18.2 Å². The SMILES string of the molecule is O=C1N[C@H](c2cc(F)ccc2Cl)c2c(NC(=O)[C@H]3CCC[C@@H](OC(F)(F)F)C3)cccc21. The number of carbonyl (C=O) groups is 2. The summed E-state index contributed by atoms with van der Waals surface area (Å²) in [6.07, 6.45) is -4.82. The average Bonchev–Trinajstić information content (AvgIpc) is 3.06. The Morgan fingerprint density at radius 1 is 1.19 bits per heavy atom. The number of ether oxygens (including phenoxy) is 1. The lowest BCUT2D eigenvalue weighted by molar-refractivity contribution is -0.346. The van der Waals surface area contributed by atoms with Crippen LogP contribution in [0.5, 0.6) is 0 Å². The molecule has 0 spiro atoms. The number of fused-ring (bicyclic) bond motifs is 1. The minimum absolute atomic E-state index is 0.0588. The predicted molar refractivity (Wildman–Crippen MR) is 109 cm³/mol. The van der Waals surface area contributed by atoms with Crippen molar-refractivity contribution in [3.05, 3.63) is 63.9 Å². The number of carbonyl (C=O) groups excluding carboxylic acids is 2. The van der Waals surface area contributed by atoms with Crippen molar-refractivity contribution in [1.29, 1.82) is 0 Å². The second kappa shape index (κ2) is 8.71. The van der Waals surface area contributed by atoms with Crippen LogP contribution in [0.25, 0.3) is 0 Å². The fraction of sp³-hybridized carbons (Fsp3) is 0.364. The Balaban J connectivity index is 1.59. The van der Waals surface area contributed by atoms with Crippen molar-refractivity contribution >= 4 is 29.1 Å². The van der Waals surface area contributed by atoms with Gasteiger partial charge in [0.05, 0.1) is 12.1 Å². The number of anilines is 1. The Morgan fingerprint density at radius 2 is 1.97 bits per heavy atom. The topological polar surface area (TPSA) is 67.4 Å². The minimum atomic E-state index is -4.76. The molecule has 2 amide bonds. The molecule has 4 rings (SSSR count). The molecule has 2 aromatic carbocycles. The van der Waals surface area contributed by atoms with E-state index in [-0.39, 0.29) is 17.9 Å². The highest BCUT2D eigenvalue weighted by molar-refractivity contribution is 6.31. The van der Waals surface area contributed by atoms with Gasteiger partial charge in [0, 0.05) is 33.3 Å². The molecule has 0 aromatic heterocycles. The Bertz CT molecular complexity index is 1060. The van der Waals surface area contributed by atoms with Crippen molar-refractivity contribution in [3.8, 4) is 0 Å². The Labute approximate surface area is 186 Å². The highest BCUT2D eigenvalue weighted by Crippen LogP contribution is 2.40. The first-order valence-corrected chi connectivity index (χ1v) is 10.4. The summed E-state index contributed by atoms with van der Waals surface area (Å²) in [4.78, 5) is 25.4. The van der Waals surface area contributed by atoms with E-state index < -0.39 is 42.1 Å². The van der Waals surface area contributed by atoms with Gasteiger partial charge in [-0.3, -0.25) is 14.3 Å². The molecule has 1 aliphatic heterocycles. The van der Waals surface area contributed by atoms with Crippen LogP contribution in [0.3, 0.4) is 0 Å². The summed E-state index contributed by atoms with van der Waals surface area (Å²) >= 11 is 6.23. The molecule has 1 fully saturated rings. The molecule has 2 aromatic rings. The first-order valence-electron chi connectivity index (χ1n) is 10.1. The summed E-state index contributed by atoms with van der Waals surface area (Å²) < 4.78 is 55.7. The van der Waals surface area contributed by atoms with Crippen LogP contribution < -0.4 is 10.6 Å². The van der Waals surface area contributed by atoms with Gasteiger partial charge in [-0.25, -0.2) is 4.39 Å². The lowest BCUT2D eigenvalue weighted by Gasteiger charge is -2.29. The van der Waals surface area contributed by atoms with E-state index in [0.717, 1.165) is 0 Å². The molecule has 32 heavy (non-hydrogen) atoms. The van der Waals surface area contributed by atoms with Crippen LogP contribution in [0.2, 0.25) is 5.02 Å². The normalized spacial score (nSPS) is 22.9. The van der Waals surface area contributed by atoms with E-state index in [1.165, 1.54) is 18.2 Å². The summed E-state index contributed by atoms with van der Waals surface area (Å²) in [5, 5.41) is 5.73. The summed E-state index contributed by atoms with van der Waals surface area (Å²) in [6.45, 7) is 0. The van der Waals surface area contributed by atoms with Gasteiger partial charge in [0.15, 0.2) is 0 Å². The summed E-state index contributed by atoms with van der Waals surface area (Å²) in [5.41, 5.74) is 1.37. The van der Waals surface area contributed by atoms with E-state index in [9.17, 15) is 27.2 Å². The van der Waals surface area contributed by atoms with Crippen molar-refractivity contribution in [2.45, 2.75) is 44.2 Å². The zero-order chi connectivity index (χ0) is 23.0. The van der Waals surface area contributed by atoms with Crippen LogP contribution in [0.4, 0.5) is 23.2 Å². The van der Waals surface area contributed by atoms with Gasteiger partial charge in [0.25, 0.3) is 5.91 Å². The molecule has 1 heterocycles. The minimum Gasteiger partial charge on any atom is -0.341 e. The molecule has 0 saturated heterocycles. The molecular formula is C22H19ClF4N2O3. The lowest BCUT2D eigenvalue weighted by atomic mass is 9.86. The number of hydrogen-bond donors (Lipinski definition) is 2. The number of halogens is 5. The number of rotatable bonds is 4. The fourth-order valence-corrected chi connectivity index (χ4v) is 4.57. The van der Waals surface area contributed by atoms with Crippen LogP contribution in [-0.4, -0.2) is 24.3 Å². The second-order valence-electron chi connectivity index (χ2n) is 7.88. The van der Waals surface area contributed by atoms with E-state index >= 15 is 0 Å². The van der Waals surface area contributed by atoms with E-state index in [0.29, 0.717) is 35.2 Å². The highest BCUT2D eigenvalue weighted by Gasteiger charge is 2.38. The largest absolute Gasteiger partial charge is 0.522 e. The third-order valence-corrected chi connectivity index (χ3v) is 6.08. The van der Waals surface area contributed by atoms with Gasteiger partial charge in [0.2, 0.25) is 5.91 Å². The van der Waals surface area contributed by atoms with Gasteiger partial charge in [-0.05, 0) is 49.6 Å². The smallest absolute Gasteiger partial charge is 0.341 e. The number of hydrogen-bond acceptors (Lipinski definition) is 3. The van der Waals surface area contributed by atoms with E-state index in [2.05, 4.69) is 15.4 Å². The van der Waals surface area contributed by atoms with Gasteiger partial charge >= 0.3 is 6.36 Å². The molecule has 1 saturated carbocycles. The summed E-state index contributed by atoms with van der Waals surface area (Å²) in [5.74, 6) is -2.07. The van der Waals surface area contributed by atoms with Crippen molar-refractivity contribution in [1.82, 2.24) is 5.32 Å². The maximum absolute atomic E-state index is 13.8. The molecule has 0 bridgehead atoms. The molecule has 2 N–H and O–H groups in total. The molecule has 3 atom stereocenters. The monoisotopic (exact) mass is 470 g/mol. The molecule has 10 heteroatoms. The van der Waals surface area contributed by atoms with Crippen LogP contribution in [0.1, 0.15) is 53.2 Å². The third kappa shape index (κ3) is 4.73. The van der Waals surface area contributed by atoms with Crippen molar-refractivity contribution < 1.29 is 31.9 Å². The second-order valence-corrected chi connectivity index (χ2v) is 8.28. The van der Waals surface area contributed by atoms with E-state index in [1.807, 2.05) is 0 Å². The number of amides is 2. The number of nitrogens with one attached hydrogen (secondary N) is 2. The van der Waals surface area contributed by atoms with Crippen molar-refractivity contribution in [3.63, 3.8) is 0 Å². The van der Waals surface area contributed by atoms with Gasteiger partial charge in [-0.1, -0.05) is 24.1 Å². The molecule has 0 radical (unpaired) electrons. The lowest BCUT2D eigenvalue weighted by Crippen LogP contribution is -2.34. The van der Waals surface area contributed by atoms with Gasteiger partial charge in [-0.2, -0.15) is 0 Å². The molecule has 1 aliphatic carbocycles. The first kappa shape index (κ1) is 22.5. The quantitative estimate of drug-likeness (QED) is 0.592. The Hall–Kier alpha value is -2.65. The standard InChI is InChI=1S/C22H19ClF4N2O3/c23-16-8-7-12(24)10-15(16)19-18-14(21(31)29-19)5-2-6-17(18)28-20(30)11-3-1-4-13(9-11)32-22(25,26)27/h2,5-8,10-11,13,19H,1,3-4,9H2,(H,28,30)(H,29,31)/t11-,13+,19+/m0/s1. The molecule has 5 nitrogen and oxygen atoms in total. The Kier molecular flexibility index (Phi) is 6.13. The molecule has 2 aliphatic rings. The van der Waals surface area contributed by atoms with Crippen LogP contribution in [0.15, 0.2) is 36.4 Å². The molecule has 0 unspecified atom stereocenters. The maximum atomic E-state index is 13.8. The van der Waals surface area contributed by atoms with Gasteiger partial charge in [-0.15, -0.1) is 13.2 Å². The molecular weight excluding hydrogens is 452 g/mol. The van der Waals surface area contributed by atoms with Crippen LogP contribution in [0, 0.1) is 11.7 Å². The van der Waals surface area contributed by atoms with Crippen LogP contribution >= 0.6 is 11.6 Å². The average molecular weight is 471 g/mol. The van der Waals surface area contributed by atoms with Gasteiger partial charge in [0.1, 0.15) is 5.82 Å². The van der Waals surface area contributed by atoms with Crippen molar-refractivity contribution in [2.24, 2.45) is 5.92 Å². The third-order valence-electron chi connectivity index (χ3n) is 5.74. The number of benzene rings is 2. The molecule has 170 valence electrons. The van der Waals surface area contributed by atoms with Crippen LogP contribution in [-0.2, 0) is 9.53 Å². The zero-order valence-corrected chi connectivity index (χ0v) is 17.4. The maximum Gasteiger partial charge on any atom is 0.522 e. The van der Waals surface area contributed by atoms with E-state index in [4.69, 9.17) is 11.6 Å². The fourth-order valence-electron chi connectivity index (χ4n) is 4.35. The Morgan fingerprint density at radius 3 is 2.72 bits per heavy atom. The van der Waals surface area contributed by atoms with Gasteiger partial charge < -0.3 is 10.6 Å².